The van der Waals surface area contributed by atoms with Crippen LogP contribution in [0.25, 0.3) is 0 Å². The third kappa shape index (κ3) is 2.72. The number of nitrogens with zero attached hydrogens (tertiary/aromatic N) is 4. The third-order valence-corrected chi connectivity index (χ3v) is 6.72. The maximum Gasteiger partial charge on any atom is 0.233 e. The molecule has 3 fully saturated rings. The summed E-state index contributed by atoms with van der Waals surface area (Å²) in [5.41, 5.74) is 0. The Kier molecular flexibility index (Phi) is 4.18. The van der Waals surface area contributed by atoms with Crippen LogP contribution in [-0.2, 0) is 14.4 Å². The summed E-state index contributed by atoms with van der Waals surface area (Å²) in [6.07, 6.45) is 7.09. The van der Waals surface area contributed by atoms with Gasteiger partial charge in [-0.05, 0) is 30.4 Å². The molecule has 3 heterocycles. The lowest BCUT2D eigenvalue weighted by molar-refractivity contribution is -0.141. The Morgan fingerprint density at radius 3 is 2.29 bits per heavy atom. The van der Waals surface area contributed by atoms with Gasteiger partial charge in [-0.2, -0.15) is 0 Å². The van der Waals surface area contributed by atoms with Gasteiger partial charge in [0.15, 0.2) is 0 Å². The first-order valence-corrected chi connectivity index (χ1v) is 10.1. The standard InChI is InChI=1S/C21H24N4O3/c26-17(24-11-9-23(10-12-24)16-3-1-2-7-22-16)6-8-25-20(27)18-14-4-5-15(13-14)19(18)21(25)28/h1-5,7,14-15,18-19H,6,8-13H2/t14-,15-,18-,19+/m0/s1. The predicted octanol–water partition coefficient (Wildman–Crippen LogP) is 0.927. The molecule has 5 rings (SSSR count). The molecule has 2 aliphatic heterocycles. The smallest absolute Gasteiger partial charge is 0.233 e. The Labute approximate surface area is 164 Å². The molecule has 1 aromatic heterocycles. The quantitative estimate of drug-likeness (QED) is 0.574. The highest BCUT2D eigenvalue weighted by Gasteiger charge is 2.59. The number of rotatable bonds is 4. The average Bonchev–Trinajstić information content (AvgIpc) is 3.41. The number of aromatic nitrogens is 1. The Hall–Kier alpha value is -2.70. The summed E-state index contributed by atoms with van der Waals surface area (Å²) in [6, 6.07) is 5.82. The van der Waals surface area contributed by atoms with Crippen LogP contribution >= 0.6 is 0 Å². The van der Waals surface area contributed by atoms with Gasteiger partial charge in [0.25, 0.3) is 0 Å². The molecule has 2 bridgehead atoms. The first-order chi connectivity index (χ1) is 13.6. The molecule has 4 aliphatic rings. The zero-order valence-corrected chi connectivity index (χ0v) is 15.7. The van der Waals surface area contributed by atoms with Crippen LogP contribution in [0.4, 0.5) is 5.82 Å². The molecule has 0 spiro atoms. The first kappa shape index (κ1) is 17.4. The van der Waals surface area contributed by atoms with Gasteiger partial charge in [0, 0.05) is 45.3 Å². The lowest BCUT2D eigenvalue weighted by atomic mass is 9.85. The number of amides is 3. The monoisotopic (exact) mass is 380 g/mol. The maximum absolute atomic E-state index is 12.7. The average molecular weight is 380 g/mol. The molecule has 3 amide bonds. The van der Waals surface area contributed by atoms with E-state index in [1.54, 1.807) is 6.20 Å². The zero-order valence-electron chi connectivity index (χ0n) is 15.7. The fourth-order valence-corrected chi connectivity index (χ4v) is 5.28. The molecule has 0 aromatic carbocycles. The molecule has 2 saturated heterocycles. The number of imide groups is 1. The van der Waals surface area contributed by atoms with E-state index in [-0.39, 0.29) is 54.4 Å². The van der Waals surface area contributed by atoms with Crippen LogP contribution in [0, 0.1) is 23.7 Å². The van der Waals surface area contributed by atoms with Crippen LogP contribution in [0.5, 0.6) is 0 Å². The van der Waals surface area contributed by atoms with Crippen molar-refractivity contribution in [1.82, 2.24) is 14.8 Å². The van der Waals surface area contributed by atoms with E-state index >= 15 is 0 Å². The number of likely N-dealkylation sites (tertiary alicyclic amines) is 1. The molecule has 0 radical (unpaired) electrons. The van der Waals surface area contributed by atoms with Crippen molar-refractivity contribution in [3.63, 3.8) is 0 Å². The first-order valence-electron chi connectivity index (χ1n) is 10.1. The van der Waals surface area contributed by atoms with Crippen LogP contribution < -0.4 is 4.90 Å². The maximum atomic E-state index is 12.7. The molecule has 4 atom stereocenters. The van der Waals surface area contributed by atoms with Crippen molar-refractivity contribution in [1.29, 1.82) is 0 Å². The van der Waals surface area contributed by atoms with E-state index in [2.05, 4.69) is 22.0 Å². The van der Waals surface area contributed by atoms with Crippen molar-refractivity contribution in [2.24, 2.45) is 23.7 Å². The lowest BCUT2D eigenvalue weighted by Crippen LogP contribution is -2.49. The van der Waals surface area contributed by atoms with Crippen molar-refractivity contribution in [3.8, 4) is 0 Å². The van der Waals surface area contributed by atoms with Gasteiger partial charge in [-0.3, -0.25) is 19.3 Å². The van der Waals surface area contributed by atoms with Crippen LogP contribution in [-0.4, -0.2) is 65.2 Å². The normalized spacial score (nSPS) is 31.1. The van der Waals surface area contributed by atoms with Crippen LogP contribution in [0.3, 0.4) is 0 Å². The second kappa shape index (κ2) is 6.72. The molecule has 1 aromatic rings. The van der Waals surface area contributed by atoms with Crippen LogP contribution in [0.15, 0.2) is 36.5 Å². The third-order valence-electron chi connectivity index (χ3n) is 6.72. The fraction of sp³-hybridized carbons (Fsp3) is 0.524. The fourth-order valence-electron chi connectivity index (χ4n) is 5.28. The Balaban J connectivity index is 1.15. The summed E-state index contributed by atoms with van der Waals surface area (Å²) in [7, 11) is 0. The van der Waals surface area contributed by atoms with Gasteiger partial charge in [-0.25, -0.2) is 4.98 Å². The number of hydrogen-bond acceptors (Lipinski definition) is 5. The van der Waals surface area contributed by atoms with Crippen molar-refractivity contribution >= 4 is 23.5 Å². The van der Waals surface area contributed by atoms with E-state index < -0.39 is 0 Å². The highest BCUT2D eigenvalue weighted by atomic mass is 16.2. The van der Waals surface area contributed by atoms with Crippen molar-refractivity contribution < 1.29 is 14.4 Å². The molecule has 7 heteroatoms. The molecule has 0 unspecified atom stereocenters. The lowest BCUT2D eigenvalue weighted by Gasteiger charge is -2.35. The van der Waals surface area contributed by atoms with E-state index in [0.29, 0.717) is 13.1 Å². The minimum atomic E-state index is -0.181. The second-order valence-electron chi connectivity index (χ2n) is 8.13. The van der Waals surface area contributed by atoms with Gasteiger partial charge < -0.3 is 9.80 Å². The number of carbonyl (C=O) groups excluding carboxylic acids is 3. The van der Waals surface area contributed by atoms with Crippen LogP contribution in [0.1, 0.15) is 12.8 Å². The van der Waals surface area contributed by atoms with Crippen LogP contribution in [0.2, 0.25) is 0 Å². The largest absolute Gasteiger partial charge is 0.353 e. The SMILES string of the molecule is O=C(CCN1C(=O)[C@@H]2[C@H](C1=O)[C@H]1C=C[C@H]2C1)N1CCN(c2ccccn2)CC1. The van der Waals surface area contributed by atoms with E-state index in [1.807, 2.05) is 23.1 Å². The van der Waals surface area contributed by atoms with Crippen molar-refractivity contribution in [3.05, 3.63) is 36.5 Å². The number of hydrogen-bond donors (Lipinski definition) is 0. The summed E-state index contributed by atoms with van der Waals surface area (Å²) in [4.78, 5) is 47.8. The highest BCUT2D eigenvalue weighted by Crippen LogP contribution is 2.52. The minimum Gasteiger partial charge on any atom is -0.353 e. The molecule has 2 aliphatic carbocycles. The number of piperazine rings is 1. The molecule has 0 N–H and O–H groups in total. The molecule has 7 nitrogen and oxygen atoms in total. The van der Waals surface area contributed by atoms with E-state index in [0.717, 1.165) is 25.3 Å². The van der Waals surface area contributed by atoms with Gasteiger partial charge in [-0.1, -0.05) is 18.2 Å². The summed E-state index contributed by atoms with van der Waals surface area (Å²) < 4.78 is 0. The Bertz CT molecular complexity index is 801. The predicted molar refractivity (Wildman–Crippen MR) is 102 cm³/mol. The Morgan fingerprint density at radius 1 is 1.00 bits per heavy atom. The summed E-state index contributed by atoms with van der Waals surface area (Å²) in [5.74, 6) is 0.869. The van der Waals surface area contributed by atoms with Gasteiger partial charge in [0.1, 0.15) is 5.82 Å². The molecule has 146 valence electrons. The van der Waals surface area contributed by atoms with Crippen molar-refractivity contribution in [2.75, 3.05) is 37.6 Å². The van der Waals surface area contributed by atoms with Crippen molar-refractivity contribution in [2.45, 2.75) is 12.8 Å². The molecular formula is C21H24N4O3. The van der Waals surface area contributed by atoms with E-state index in [9.17, 15) is 14.4 Å². The summed E-state index contributed by atoms with van der Waals surface area (Å²) in [5, 5.41) is 0. The highest BCUT2D eigenvalue weighted by molar-refractivity contribution is 6.06. The Morgan fingerprint density at radius 2 is 1.68 bits per heavy atom. The second-order valence-corrected chi connectivity index (χ2v) is 8.13. The summed E-state index contributed by atoms with van der Waals surface area (Å²) >= 11 is 0. The summed E-state index contributed by atoms with van der Waals surface area (Å²) in [6.45, 7) is 2.96. The van der Waals surface area contributed by atoms with Gasteiger partial charge >= 0.3 is 0 Å². The van der Waals surface area contributed by atoms with E-state index in [4.69, 9.17) is 0 Å². The minimum absolute atomic E-state index is 0.0134. The number of carbonyl (C=O) groups is 3. The number of allylic oxidation sites excluding steroid dienone is 2. The zero-order chi connectivity index (χ0) is 19.3. The number of anilines is 1. The topological polar surface area (TPSA) is 73.8 Å². The molecule has 28 heavy (non-hydrogen) atoms. The molecular weight excluding hydrogens is 356 g/mol. The van der Waals surface area contributed by atoms with Gasteiger partial charge in [0.05, 0.1) is 11.8 Å². The van der Waals surface area contributed by atoms with E-state index in [1.165, 1.54) is 4.90 Å². The molecule has 1 saturated carbocycles. The number of pyridine rings is 1. The number of fused-ring (bicyclic) bond motifs is 5. The van der Waals surface area contributed by atoms with Gasteiger partial charge in [0.2, 0.25) is 17.7 Å². The van der Waals surface area contributed by atoms with Gasteiger partial charge in [-0.15, -0.1) is 0 Å².